The monoisotopic (exact) mass is 160 g/mol. The number of hydrogen-bond acceptors (Lipinski definition) is 4. The zero-order valence-electron chi connectivity index (χ0n) is 5.88. The summed E-state index contributed by atoms with van der Waals surface area (Å²) in [4.78, 5) is 3.74. The second kappa shape index (κ2) is 5.56. The molecule has 0 spiro atoms. The van der Waals surface area contributed by atoms with Crippen LogP contribution in [0.1, 0.15) is 6.42 Å². The summed E-state index contributed by atoms with van der Waals surface area (Å²) < 4.78 is 7.79. The van der Waals surface area contributed by atoms with Gasteiger partial charge in [-0.1, -0.05) is 11.9 Å². The molecule has 2 aliphatic heterocycles. The predicted molar refractivity (Wildman–Crippen MR) is 44.4 cm³/mol. The highest BCUT2D eigenvalue weighted by Gasteiger charge is 1.94. The summed E-state index contributed by atoms with van der Waals surface area (Å²) in [6.07, 6.45) is 2.84. The van der Waals surface area contributed by atoms with Gasteiger partial charge in [0.2, 0.25) is 0 Å². The lowest BCUT2D eigenvalue weighted by Gasteiger charge is -1.76. The zero-order valence-corrected chi connectivity index (χ0v) is 6.69. The second-order valence-corrected chi connectivity index (χ2v) is 2.96. The van der Waals surface area contributed by atoms with Crippen LogP contribution in [0.4, 0.5) is 0 Å². The number of nitrogens with one attached hydrogen (secondary N) is 1. The highest BCUT2D eigenvalue weighted by atomic mass is 32.2. The maximum absolute atomic E-state index is 4.65. The van der Waals surface area contributed by atoms with Crippen molar-refractivity contribution >= 4 is 18.3 Å². The SMILES string of the molecule is C1=NCCO1.C1CNSC1. The molecule has 0 unspecified atom stereocenters. The van der Waals surface area contributed by atoms with Crippen molar-refractivity contribution in [3.63, 3.8) is 0 Å². The first-order chi connectivity index (χ1) is 5.00. The Balaban J connectivity index is 0.0000001000. The first-order valence-electron chi connectivity index (χ1n) is 3.45. The fourth-order valence-corrected chi connectivity index (χ4v) is 1.35. The molecule has 0 amide bonds. The van der Waals surface area contributed by atoms with E-state index in [4.69, 9.17) is 0 Å². The van der Waals surface area contributed by atoms with Crippen LogP contribution in [-0.2, 0) is 4.74 Å². The highest BCUT2D eigenvalue weighted by Crippen LogP contribution is 2.02. The Morgan fingerprint density at radius 3 is 2.80 bits per heavy atom. The number of aliphatic imine (C=N–C) groups is 1. The fraction of sp³-hybridized carbons (Fsp3) is 0.833. The van der Waals surface area contributed by atoms with Crippen LogP contribution < -0.4 is 4.72 Å². The standard InChI is InChI=1S/C3H5NO.C3H7NS/c1-2-5-3-4-1;1-2-4-5-3-1/h3H,1-2H2;4H,1-3H2. The van der Waals surface area contributed by atoms with Gasteiger partial charge in [-0.2, -0.15) is 0 Å². The van der Waals surface area contributed by atoms with Gasteiger partial charge in [-0.15, -0.1) is 0 Å². The van der Waals surface area contributed by atoms with Gasteiger partial charge in [0.25, 0.3) is 0 Å². The minimum absolute atomic E-state index is 0.778. The van der Waals surface area contributed by atoms with Crippen molar-refractivity contribution in [2.24, 2.45) is 4.99 Å². The van der Waals surface area contributed by atoms with E-state index in [2.05, 4.69) is 14.5 Å². The Morgan fingerprint density at radius 1 is 1.60 bits per heavy atom. The normalized spacial score (nSPS) is 21.6. The summed E-state index contributed by atoms with van der Waals surface area (Å²) in [5, 5.41) is 0. The smallest absolute Gasteiger partial charge is 0.169 e. The molecule has 2 heterocycles. The van der Waals surface area contributed by atoms with Crippen LogP contribution in [0.2, 0.25) is 0 Å². The number of hydrogen-bond donors (Lipinski definition) is 1. The topological polar surface area (TPSA) is 33.6 Å². The van der Waals surface area contributed by atoms with E-state index in [-0.39, 0.29) is 0 Å². The van der Waals surface area contributed by atoms with Gasteiger partial charge in [0.1, 0.15) is 6.61 Å². The van der Waals surface area contributed by atoms with E-state index in [1.807, 2.05) is 11.9 Å². The van der Waals surface area contributed by atoms with Crippen LogP contribution in [0.25, 0.3) is 0 Å². The number of nitrogens with zero attached hydrogens (tertiary/aromatic N) is 1. The van der Waals surface area contributed by atoms with Gasteiger partial charge in [-0.05, 0) is 6.42 Å². The third-order valence-electron chi connectivity index (χ3n) is 1.11. The molecule has 1 fully saturated rings. The van der Waals surface area contributed by atoms with Crippen LogP contribution in [0, 0.1) is 0 Å². The largest absolute Gasteiger partial charge is 0.482 e. The van der Waals surface area contributed by atoms with E-state index in [1.165, 1.54) is 25.1 Å². The van der Waals surface area contributed by atoms with Crippen LogP contribution >= 0.6 is 11.9 Å². The third-order valence-corrected chi connectivity index (χ3v) is 2.02. The summed E-state index contributed by atoms with van der Waals surface area (Å²) in [6.45, 7) is 2.84. The molecule has 0 aliphatic carbocycles. The van der Waals surface area contributed by atoms with Crippen molar-refractivity contribution in [3.8, 4) is 0 Å². The summed E-state index contributed by atoms with van der Waals surface area (Å²) in [7, 11) is 0. The van der Waals surface area contributed by atoms with Crippen molar-refractivity contribution in [2.45, 2.75) is 6.42 Å². The van der Waals surface area contributed by atoms with E-state index in [0.29, 0.717) is 0 Å². The van der Waals surface area contributed by atoms with Crippen LogP contribution in [0.15, 0.2) is 4.99 Å². The van der Waals surface area contributed by atoms with Crippen molar-refractivity contribution in [2.75, 3.05) is 25.4 Å². The predicted octanol–water partition coefficient (Wildman–Crippen LogP) is 0.673. The van der Waals surface area contributed by atoms with Gasteiger partial charge in [-0.25, -0.2) is 0 Å². The highest BCUT2D eigenvalue weighted by molar-refractivity contribution is 7.97. The van der Waals surface area contributed by atoms with E-state index in [0.717, 1.165) is 13.2 Å². The van der Waals surface area contributed by atoms with Gasteiger partial charge < -0.3 is 4.74 Å². The molecule has 2 rings (SSSR count). The van der Waals surface area contributed by atoms with Gasteiger partial charge in [0, 0.05) is 12.3 Å². The molecule has 10 heavy (non-hydrogen) atoms. The molecule has 0 aromatic heterocycles. The first kappa shape index (κ1) is 7.88. The maximum atomic E-state index is 4.65. The summed E-state index contributed by atoms with van der Waals surface area (Å²) in [5.41, 5.74) is 0. The van der Waals surface area contributed by atoms with Crippen molar-refractivity contribution in [1.29, 1.82) is 0 Å². The maximum Gasteiger partial charge on any atom is 0.169 e. The van der Waals surface area contributed by atoms with Crippen molar-refractivity contribution in [3.05, 3.63) is 0 Å². The lowest BCUT2D eigenvalue weighted by molar-refractivity contribution is 0.361. The van der Waals surface area contributed by atoms with Crippen LogP contribution in [0.3, 0.4) is 0 Å². The Bertz CT molecular complexity index is 90.3. The summed E-state index contributed by atoms with van der Waals surface area (Å²) in [6, 6.07) is 0. The van der Waals surface area contributed by atoms with Gasteiger partial charge in [0.15, 0.2) is 6.40 Å². The minimum Gasteiger partial charge on any atom is -0.482 e. The molecule has 0 radical (unpaired) electrons. The first-order valence-corrected chi connectivity index (χ1v) is 4.43. The third kappa shape index (κ3) is 3.74. The van der Waals surface area contributed by atoms with E-state index in [9.17, 15) is 0 Å². The Kier molecular flexibility index (Phi) is 4.38. The average Bonchev–Trinajstić information content (AvgIpc) is 2.67. The quantitative estimate of drug-likeness (QED) is 0.529. The molecule has 58 valence electrons. The molecule has 0 aromatic carbocycles. The minimum atomic E-state index is 0.778. The van der Waals surface area contributed by atoms with Gasteiger partial charge in [-0.3, -0.25) is 9.71 Å². The van der Waals surface area contributed by atoms with Gasteiger partial charge in [0.05, 0.1) is 6.54 Å². The van der Waals surface area contributed by atoms with Crippen LogP contribution in [-0.4, -0.2) is 31.8 Å². The zero-order chi connectivity index (χ0) is 7.07. The molecule has 4 heteroatoms. The van der Waals surface area contributed by atoms with E-state index in [1.54, 1.807) is 0 Å². The molecular formula is C6H12N2OS. The Hall–Kier alpha value is -0.220. The lowest BCUT2D eigenvalue weighted by atomic mass is 10.5. The van der Waals surface area contributed by atoms with E-state index < -0.39 is 0 Å². The second-order valence-electron chi connectivity index (χ2n) is 1.98. The molecule has 2 aliphatic rings. The van der Waals surface area contributed by atoms with Crippen LogP contribution in [0.5, 0.6) is 0 Å². The molecule has 1 N–H and O–H groups in total. The summed E-state index contributed by atoms with van der Waals surface area (Å²) >= 11 is 1.82. The average molecular weight is 160 g/mol. The molecular weight excluding hydrogens is 148 g/mol. The molecule has 0 bridgehead atoms. The summed E-state index contributed by atoms with van der Waals surface area (Å²) in [5.74, 6) is 1.31. The molecule has 0 saturated carbocycles. The van der Waals surface area contributed by atoms with Gasteiger partial charge >= 0.3 is 0 Å². The molecule has 1 saturated heterocycles. The van der Waals surface area contributed by atoms with Crippen molar-refractivity contribution < 1.29 is 4.74 Å². The number of ether oxygens (including phenoxy) is 1. The lowest BCUT2D eigenvalue weighted by Crippen LogP contribution is -1.91. The molecule has 0 atom stereocenters. The molecule has 3 nitrogen and oxygen atoms in total. The van der Waals surface area contributed by atoms with E-state index >= 15 is 0 Å². The molecule has 0 aromatic rings. The Labute approximate surface area is 65.4 Å². The van der Waals surface area contributed by atoms with Crippen molar-refractivity contribution in [1.82, 2.24) is 4.72 Å². The number of rotatable bonds is 0. The fourth-order valence-electron chi connectivity index (χ4n) is 0.624. The Morgan fingerprint density at radius 2 is 2.60 bits per heavy atom.